The van der Waals surface area contributed by atoms with Crippen molar-refractivity contribution in [3.05, 3.63) is 53.8 Å². The van der Waals surface area contributed by atoms with Crippen molar-refractivity contribution in [3.63, 3.8) is 0 Å². The van der Waals surface area contributed by atoms with Crippen molar-refractivity contribution in [2.45, 2.75) is 6.54 Å². The fourth-order valence-corrected chi connectivity index (χ4v) is 2.11. The number of hydrogen-bond donors (Lipinski definition) is 1. The van der Waals surface area contributed by atoms with Gasteiger partial charge in [0.25, 0.3) is 0 Å². The van der Waals surface area contributed by atoms with Gasteiger partial charge in [-0.1, -0.05) is 30.3 Å². The Labute approximate surface area is 124 Å². The molecule has 21 heavy (non-hydrogen) atoms. The van der Waals surface area contributed by atoms with Crippen LogP contribution < -0.4 is 10.1 Å². The number of halogens is 1. The molecule has 112 valence electrons. The normalized spacial score (nSPS) is 10.6. The van der Waals surface area contributed by atoms with Gasteiger partial charge in [0.15, 0.2) is 0 Å². The average molecular weight is 289 g/mol. The van der Waals surface area contributed by atoms with Gasteiger partial charge in [-0.3, -0.25) is 0 Å². The fourth-order valence-electron chi connectivity index (χ4n) is 2.11. The van der Waals surface area contributed by atoms with Crippen molar-refractivity contribution < 1.29 is 13.9 Å². The summed E-state index contributed by atoms with van der Waals surface area (Å²) in [5.41, 5.74) is 2.34. The van der Waals surface area contributed by atoms with Crippen molar-refractivity contribution in [1.82, 2.24) is 5.32 Å². The molecule has 2 aromatic rings. The van der Waals surface area contributed by atoms with Crippen molar-refractivity contribution in [2.24, 2.45) is 0 Å². The summed E-state index contributed by atoms with van der Waals surface area (Å²) in [6, 6.07) is 12.9. The van der Waals surface area contributed by atoms with Crippen LogP contribution in [0.5, 0.6) is 5.75 Å². The Balaban J connectivity index is 2.27. The molecule has 0 amide bonds. The van der Waals surface area contributed by atoms with E-state index in [-0.39, 0.29) is 5.82 Å². The second-order valence-corrected chi connectivity index (χ2v) is 4.67. The molecular formula is C17H20FNO2. The summed E-state index contributed by atoms with van der Waals surface area (Å²) in [6.07, 6.45) is 0. The minimum atomic E-state index is -0.214. The molecule has 1 N–H and O–H groups in total. The highest BCUT2D eigenvalue weighted by atomic mass is 19.1. The zero-order valence-electron chi connectivity index (χ0n) is 12.4. The van der Waals surface area contributed by atoms with Gasteiger partial charge in [-0.2, -0.15) is 0 Å². The van der Waals surface area contributed by atoms with Crippen LogP contribution >= 0.6 is 0 Å². The van der Waals surface area contributed by atoms with Crippen LogP contribution in [-0.4, -0.2) is 27.4 Å². The third kappa shape index (κ3) is 4.03. The topological polar surface area (TPSA) is 30.5 Å². The predicted octanol–water partition coefficient (Wildman–Crippen LogP) is 3.24. The monoisotopic (exact) mass is 289 g/mol. The molecule has 0 fully saturated rings. The van der Waals surface area contributed by atoms with E-state index in [4.69, 9.17) is 9.47 Å². The second kappa shape index (κ2) is 7.76. The van der Waals surface area contributed by atoms with Gasteiger partial charge in [0.1, 0.15) is 18.2 Å². The van der Waals surface area contributed by atoms with Gasteiger partial charge in [0.2, 0.25) is 0 Å². The number of methoxy groups -OCH3 is 1. The highest BCUT2D eigenvalue weighted by Crippen LogP contribution is 2.30. The van der Waals surface area contributed by atoms with Crippen LogP contribution in [0.15, 0.2) is 42.5 Å². The first-order valence-corrected chi connectivity index (χ1v) is 6.90. The molecule has 0 atom stereocenters. The first kappa shape index (κ1) is 15.5. The van der Waals surface area contributed by atoms with Gasteiger partial charge in [-0.15, -0.1) is 0 Å². The molecule has 0 saturated heterocycles. The molecule has 4 heteroatoms. The number of para-hydroxylation sites is 1. The maximum atomic E-state index is 14.1. The minimum Gasteiger partial charge on any atom is -0.491 e. The minimum absolute atomic E-state index is 0.214. The van der Waals surface area contributed by atoms with E-state index < -0.39 is 0 Å². The molecule has 2 aromatic carbocycles. The summed E-state index contributed by atoms with van der Waals surface area (Å²) in [5, 5.41) is 2.95. The number of hydrogen-bond acceptors (Lipinski definition) is 3. The Bertz CT molecular complexity index is 587. The molecular weight excluding hydrogens is 269 g/mol. The zero-order chi connectivity index (χ0) is 15.1. The van der Waals surface area contributed by atoms with Gasteiger partial charge in [-0.05, 0) is 24.7 Å². The Morgan fingerprint density at radius 2 is 1.90 bits per heavy atom. The highest BCUT2D eigenvalue weighted by Gasteiger charge is 2.09. The maximum Gasteiger partial charge on any atom is 0.128 e. The summed E-state index contributed by atoms with van der Waals surface area (Å²) in [5.74, 6) is 0.517. The summed E-state index contributed by atoms with van der Waals surface area (Å²) in [6.45, 7) is 1.50. The van der Waals surface area contributed by atoms with Gasteiger partial charge in [-0.25, -0.2) is 4.39 Å². The lowest BCUT2D eigenvalue weighted by Crippen LogP contribution is -2.07. The standard InChI is InChI=1S/C17H20FNO2/c1-19-12-14-8-7-13(11-16(14)18)15-5-3-4-6-17(15)21-10-9-20-2/h3-8,11,19H,9-10,12H2,1-2H3. The van der Waals surface area contributed by atoms with Gasteiger partial charge < -0.3 is 14.8 Å². The highest BCUT2D eigenvalue weighted by molar-refractivity contribution is 5.70. The Hall–Kier alpha value is -1.91. The SMILES string of the molecule is CNCc1ccc(-c2ccccc2OCCOC)cc1F. The molecule has 0 saturated carbocycles. The Kier molecular flexibility index (Phi) is 5.72. The third-order valence-electron chi connectivity index (χ3n) is 3.16. The van der Waals surface area contributed by atoms with E-state index in [2.05, 4.69) is 5.32 Å². The molecule has 0 spiro atoms. The van der Waals surface area contributed by atoms with E-state index in [0.29, 0.717) is 25.3 Å². The van der Waals surface area contributed by atoms with Crippen LogP contribution in [0.4, 0.5) is 4.39 Å². The fraction of sp³-hybridized carbons (Fsp3) is 0.294. The van der Waals surface area contributed by atoms with Crippen LogP contribution in [0, 0.1) is 5.82 Å². The van der Waals surface area contributed by atoms with Crippen LogP contribution in [-0.2, 0) is 11.3 Å². The lowest BCUT2D eigenvalue weighted by atomic mass is 10.0. The van der Waals surface area contributed by atoms with E-state index in [1.807, 2.05) is 30.3 Å². The Morgan fingerprint density at radius 3 is 2.62 bits per heavy atom. The molecule has 0 radical (unpaired) electrons. The number of nitrogens with one attached hydrogen (secondary N) is 1. The molecule has 0 aromatic heterocycles. The summed E-state index contributed by atoms with van der Waals surface area (Å²) in [7, 11) is 3.43. The molecule has 0 heterocycles. The Morgan fingerprint density at radius 1 is 1.10 bits per heavy atom. The van der Waals surface area contributed by atoms with Crippen molar-refractivity contribution in [2.75, 3.05) is 27.4 Å². The number of benzene rings is 2. The number of rotatable bonds is 7. The van der Waals surface area contributed by atoms with Crippen LogP contribution in [0.1, 0.15) is 5.56 Å². The van der Waals surface area contributed by atoms with Crippen molar-refractivity contribution in [1.29, 1.82) is 0 Å². The lowest BCUT2D eigenvalue weighted by Gasteiger charge is -2.12. The van der Waals surface area contributed by atoms with E-state index >= 15 is 0 Å². The van der Waals surface area contributed by atoms with E-state index in [0.717, 1.165) is 16.9 Å². The van der Waals surface area contributed by atoms with Crippen molar-refractivity contribution in [3.8, 4) is 16.9 Å². The van der Waals surface area contributed by atoms with E-state index in [1.54, 1.807) is 26.3 Å². The lowest BCUT2D eigenvalue weighted by molar-refractivity contribution is 0.146. The summed E-state index contributed by atoms with van der Waals surface area (Å²) < 4.78 is 24.7. The summed E-state index contributed by atoms with van der Waals surface area (Å²) in [4.78, 5) is 0. The zero-order valence-corrected chi connectivity index (χ0v) is 12.4. The van der Waals surface area contributed by atoms with Crippen LogP contribution in [0.3, 0.4) is 0 Å². The molecule has 0 aliphatic heterocycles. The van der Waals surface area contributed by atoms with Crippen LogP contribution in [0.25, 0.3) is 11.1 Å². The van der Waals surface area contributed by atoms with Gasteiger partial charge in [0.05, 0.1) is 6.61 Å². The molecule has 2 rings (SSSR count). The van der Waals surface area contributed by atoms with Crippen molar-refractivity contribution >= 4 is 0 Å². The number of ether oxygens (including phenoxy) is 2. The van der Waals surface area contributed by atoms with Gasteiger partial charge >= 0.3 is 0 Å². The van der Waals surface area contributed by atoms with E-state index in [9.17, 15) is 4.39 Å². The predicted molar refractivity (Wildman–Crippen MR) is 82.0 cm³/mol. The molecule has 0 bridgehead atoms. The van der Waals surface area contributed by atoms with Gasteiger partial charge in [0, 0.05) is 24.8 Å². The maximum absolute atomic E-state index is 14.1. The largest absolute Gasteiger partial charge is 0.491 e. The smallest absolute Gasteiger partial charge is 0.128 e. The average Bonchev–Trinajstić information content (AvgIpc) is 2.50. The quantitative estimate of drug-likeness (QED) is 0.794. The first-order chi connectivity index (χ1) is 10.3. The van der Waals surface area contributed by atoms with E-state index in [1.165, 1.54) is 0 Å². The first-order valence-electron chi connectivity index (χ1n) is 6.90. The second-order valence-electron chi connectivity index (χ2n) is 4.67. The molecule has 0 aliphatic rings. The molecule has 3 nitrogen and oxygen atoms in total. The summed E-state index contributed by atoms with van der Waals surface area (Å²) >= 11 is 0. The van der Waals surface area contributed by atoms with Crippen LogP contribution in [0.2, 0.25) is 0 Å². The third-order valence-corrected chi connectivity index (χ3v) is 3.16. The molecule has 0 unspecified atom stereocenters. The molecule has 0 aliphatic carbocycles.